The van der Waals surface area contributed by atoms with Crippen LogP contribution in [-0.2, 0) is 11.3 Å². The van der Waals surface area contributed by atoms with E-state index in [0.29, 0.717) is 18.7 Å². The Kier molecular flexibility index (Phi) is 4.02. The van der Waals surface area contributed by atoms with Crippen molar-refractivity contribution in [1.82, 2.24) is 0 Å². The molecule has 0 aliphatic carbocycles. The average molecular weight is 234 g/mol. The van der Waals surface area contributed by atoms with Crippen LogP contribution < -0.4 is 10.6 Å². The number of nitrogens with zero attached hydrogens (tertiary/aromatic N) is 1. The lowest BCUT2D eigenvalue weighted by Gasteiger charge is -2.40. The van der Waals surface area contributed by atoms with E-state index in [1.54, 1.807) is 0 Å². The minimum absolute atomic E-state index is 0.305. The van der Waals surface area contributed by atoms with Gasteiger partial charge < -0.3 is 15.4 Å². The fraction of sp³-hybridized carbons (Fsp3) is 0.571. The van der Waals surface area contributed by atoms with Gasteiger partial charge in [0.1, 0.15) is 0 Å². The summed E-state index contributed by atoms with van der Waals surface area (Å²) in [5, 5.41) is 0. The van der Waals surface area contributed by atoms with Crippen molar-refractivity contribution in [3.63, 3.8) is 0 Å². The van der Waals surface area contributed by atoms with Gasteiger partial charge in [0.2, 0.25) is 0 Å². The van der Waals surface area contributed by atoms with E-state index in [-0.39, 0.29) is 0 Å². The molecule has 0 amide bonds. The smallest absolute Gasteiger partial charge is 0.0723 e. The first-order chi connectivity index (χ1) is 8.24. The van der Waals surface area contributed by atoms with E-state index in [4.69, 9.17) is 10.5 Å². The molecule has 0 saturated carbocycles. The van der Waals surface area contributed by atoms with Crippen LogP contribution in [0.15, 0.2) is 24.3 Å². The summed E-state index contributed by atoms with van der Waals surface area (Å²) in [7, 11) is 0. The average Bonchev–Trinajstić information content (AvgIpc) is 2.39. The molecular formula is C14H22N2O. The number of nitrogens with two attached hydrogens (primary N) is 1. The molecule has 94 valence electrons. The number of rotatable bonds is 3. The minimum Gasteiger partial charge on any atom is -0.375 e. The van der Waals surface area contributed by atoms with Gasteiger partial charge in [0.05, 0.1) is 18.8 Å². The summed E-state index contributed by atoms with van der Waals surface area (Å²) in [5.41, 5.74) is 8.16. The first-order valence-electron chi connectivity index (χ1n) is 6.41. The lowest BCUT2D eigenvalue weighted by atomic mass is 10.1. The molecule has 1 aromatic rings. The Morgan fingerprint density at radius 1 is 1.47 bits per heavy atom. The van der Waals surface area contributed by atoms with Gasteiger partial charge in [-0.3, -0.25) is 0 Å². The Hall–Kier alpha value is -1.06. The molecule has 1 saturated heterocycles. The standard InChI is InChI=1S/C14H22N2O/c1-3-13-10-17-11(2)9-16(13)14-6-4-5-12(7-14)8-15/h4-7,11,13H,3,8-10,15H2,1-2H3. The highest BCUT2D eigenvalue weighted by atomic mass is 16.5. The largest absolute Gasteiger partial charge is 0.375 e. The van der Waals surface area contributed by atoms with E-state index < -0.39 is 0 Å². The lowest BCUT2D eigenvalue weighted by Crippen LogP contribution is -2.48. The van der Waals surface area contributed by atoms with Gasteiger partial charge in [-0.15, -0.1) is 0 Å². The highest BCUT2D eigenvalue weighted by Crippen LogP contribution is 2.24. The Balaban J connectivity index is 2.22. The van der Waals surface area contributed by atoms with Crippen molar-refractivity contribution in [3.8, 4) is 0 Å². The van der Waals surface area contributed by atoms with Crippen molar-refractivity contribution in [2.24, 2.45) is 5.73 Å². The normalized spacial score (nSPS) is 25.0. The van der Waals surface area contributed by atoms with E-state index >= 15 is 0 Å². The van der Waals surface area contributed by atoms with Crippen LogP contribution in [0.25, 0.3) is 0 Å². The van der Waals surface area contributed by atoms with Gasteiger partial charge in [0.15, 0.2) is 0 Å². The Morgan fingerprint density at radius 3 is 3.00 bits per heavy atom. The van der Waals surface area contributed by atoms with Crippen molar-refractivity contribution < 1.29 is 4.74 Å². The maximum atomic E-state index is 5.72. The summed E-state index contributed by atoms with van der Waals surface area (Å²) >= 11 is 0. The second-order valence-corrected chi connectivity index (χ2v) is 4.73. The van der Waals surface area contributed by atoms with Crippen LogP contribution in [0.3, 0.4) is 0 Å². The van der Waals surface area contributed by atoms with Gasteiger partial charge in [0.25, 0.3) is 0 Å². The van der Waals surface area contributed by atoms with E-state index in [9.17, 15) is 0 Å². The Bertz CT molecular complexity index is 367. The number of hydrogen-bond acceptors (Lipinski definition) is 3. The number of hydrogen-bond donors (Lipinski definition) is 1. The van der Waals surface area contributed by atoms with Crippen LogP contribution in [0.2, 0.25) is 0 Å². The molecule has 2 rings (SSSR count). The van der Waals surface area contributed by atoms with Crippen LogP contribution in [-0.4, -0.2) is 25.3 Å². The summed E-state index contributed by atoms with van der Waals surface area (Å²) in [5.74, 6) is 0. The highest BCUT2D eigenvalue weighted by molar-refractivity contribution is 5.50. The van der Waals surface area contributed by atoms with Crippen molar-refractivity contribution in [2.45, 2.75) is 39.0 Å². The predicted molar refractivity (Wildman–Crippen MR) is 71.2 cm³/mol. The third kappa shape index (κ3) is 2.79. The molecule has 2 atom stereocenters. The summed E-state index contributed by atoms with van der Waals surface area (Å²) in [6, 6.07) is 9.01. The third-order valence-corrected chi connectivity index (χ3v) is 3.42. The summed E-state index contributed by atoms with van der Waals surface area (Å²) in [4.78, 5) is 2.45. The first kappa shape index (κ1) is 12.4. The molecule has 2 N–H and O–H groups in total. The highest BCUT2D eigenvalue weighted by Gasteiger charge is 2.25. The molecule has 1 aliphatic heterocycles. The molecule has 3 nitrogen and oxygen atoms in total. The quantitative estimate of drug-likeness (QED) is 0.871. The molecular weight excluding hydrogens is 212 g/mol. The van der Waals surface area contributed by atoms with Crippen molar-refractivity contribution in [3.05, 3.63) is 29.8 Å². The fourth-order valence-corrected chi connectivity index (χ4v) is 2.36. The molecule has 1 aliphatic rings. The van der Waals surface area contributed by atoms with Crippen molar-refractivity contribution in [2.75, 3.05) is 18.1 Å². The number of ether oxygens (including phenoxy) is 1. The Morgan fingerprint density at radius 2 is 2.29 bits per heavy atom. The van der Waals surface area contributed by atoms with Crippen molar-refractivity contribution in [1.29, 1.82) is 0 Å². The second-order valence-electron chi connectivity index (χ2n) is 4.73. The minimum atomic E-state index is 0.305. The SMILES string of the molecule is CCC1COC(C)CN1c1cccc(CN)c1. The molecule has 1 fully saturated rings. The van der Waals surface area contributed by atoms with Gasteiger partial charge in [-0.05, 0) is 31.0 Å². The van der Waals surface area contributed by atoms with Crippen LogP contribution in [0, 0.1) is 0 Å². The zero-order valence-electron chi connectivity index (χ0n) is 10.7. The zero-order chi connectivity index (χ0) is 12.3. The lowest BCUT2D eigenvalue weighted by molar-refractivity contribution is 0.0299. The van der Waals surface area contributed by atoms with Crippen LogP contribution >= 0.6 is 0 Å². The van der Waals surface area contributed by atoms with E-state index in [2.05, 4.69) is 43.0 Å². The monoisotopic (exact) mass is 234 g/mol. The van der Waals surface area contributed by atoms with E-state index in [1.165, 1.54) is 11.3 Å². The Labute approximate surface area is 104 Å². The van der Waals surface area contributed by atoms with Gasteiger partial charge in [-0.1, -0.05) is 19.1 Å². The summed E-state index contributed by atoms with van der Waals surface area (Å²) < 4.78 is 5.72. The number of anilines is 1. The molecule has 0 spiro atoms. The van der Waals surface area contributed by atoms with Crippen LogP contribution in [0.4, 0.5) is 5.69 Å². The van der Waals surface area contributed by atoms with Gasteiger partial charge in [-0.25, -0.2) is 0 Å². The molecule has 1 heterocycles. The summed E-state index contributed by atoms with van der Waals surface area (Å²) in [6.07, 6.45) is 1.42. The first-order valence-corrected chi connectivity index (χ1v) is 6.41. The van der Waals surface area contributed by atoms with Gasteiger partial charge in [-0.2, -0.15) is 0 Å². The molecule has 0 aromatic heterocycles. The second kappa shape index (κ2) is 5.52. The molecule has 2 unspecified atom stereocenters. The summed E-state index contributed by atoms with van der Waals surface area (Å²) in [6.45, 7) is 6.73. The van der Waals surface area contributed by atoms with E-state index in [0.717, 1.165) is 19.6 Å². The third-order valence-electron chi connectivity index (χ3n) is 3.42. The number of benzene rings is 1. The zero-order valence-corrected chi connectivity index (χ0v) is 10.7. The molecule has 17 heavy (non-hydrogen) atoms. The molecule has 0 radical (unpaired) electrons. The van der Waals surface area contributed by atoms with Crippen LogP contribution in [0.5, 0.6) is 0 Å². The fourth-order valence-electron chi connectivity index (χ4n) is 2.36. The molecule has 0 bridgehead atoms. The van der Waals surface area contributed by atoms with Gasteiger partial charge in [0, 0.05) is 18.8 Å². The predicted octanol–water partition coefficient (Wildman–Crippen LogP) is 2.15. The van der Waals surface area contributed by atoms with Gasteiger partial charge >= 0.3 is 0 Å². The maximum absolute atomic E-state index is 5.72. The molecule has 1 aromatic carbocycles. The molecule has 3 heteroatoms. The topological polar surface area (TPSA) is 38.5 Å². The van der Waals surface area contributed by atoms with Crippen molar-refractivity contribution >= 4 is 5.69 Å². The van der Waals surface area contributed by atoms with Crippen LogP contribution in [0.1, 0.15) is 25.8 Å². The van der Waals surface area contributed by atoms with E-state index in [1.807, 2.05) is 0 Å². The number of morpholine rings is 1. The maximum Gasteiger partial charge on any atom is 0.0723 e.